The predicted molar refractivity (Wildman–Crippen MR) is 85.7 cm³/mol. The third-order valence-electron chi connectivity index (χ3n) is 2.97. The molecule has 20 heavy (non-hydrogen) atoms. The average Bonchev–Trinajstić information content (AvgIpc) is 2.42. The van der Waals surface area contributed by atoms with E-state index in [-0.39, 0.29) is 0 Å². The lowest BCUT2D eigenvalue weighted by Gasteiger charge is -2.10. The molecular weight excluding hydrogens is 293 g/mol. The highest BCUT2D eigenvalue weighted by molar-refractivity contribution is 6.37. The van der Waals surface area contributed by atoms with Gasteiger partial charge in [0, 0.05) is 5.69 Å². The number of ether oxygens (including phenoxy) is 1. The van der Waals surface area contributed by atoms with Crippen molar-refractivity contribution in [2.45, 2.75) is 19.3 Å². The summed E-state index contributed by atoms with van der Waals surface area (Å²) in [7, 11) is 0. The lowest BCUT2D eigenvalue weighted by molar-refractivity contribution is 0.307. The van der Waals surface area contributed by atoms with Crippen molar-refractivity contribution in [2.24, 2.45) is 0 Å². The van der Waals surface area contributed by atoms with E-state index >= 15 is 0 Å². The zero-order valence-electron chi connectivity index (χ0n) is 11.1. The van der Waals surface area contributed by atoms with Crippen LogP contribution in [-0.2, 0) is 6.42 Å². The molecule has 0 aliphatic carbocycles. The van der Waals surface area contributed by atoms with Gasteiger partial charge in [-0.15, -0.1) is 0 Å². The normalized spacial score (nSPS) is 10.5. The Labute approximate surface area is 129 Å². The molecule has 0 bridgehead atoms. The second kappa shape index (κ2) is 7.41. The Balaban J connectivity index is 1.76. The Morgan fingerprint density at radius 1 is 0.950 bits per heavy atom. The summed E-state index contributed by atoms with van der Waals surface area (Å²) in [6.45, 7) is 0.593. The lowest BCUT2D eigenvalue weighted by atomic mass is 10.1. The minimum Gasteiger partial charge on any atom is -0.490 e. The third-order valence-corrected chi connectivity index (χ3v) is 3.53. The molecule has 2 N–H and O–H groups in total. The molecule has 2 nitrogen and oxygen atoms in total. The zero-order valence-corrected chi connectivity index (χ0v) is 12.6. The van der Waals surface area contributed by atoms with E-state index in [0.29, 0.717) is 28.1 Å². The summed E-state index contributed by atoms with van der Waals surface area (Å²) in [6, 6.07) is 13.7. The van der Waals surface area contributed by atoms with Crippen molar-refractivity contribution in [3.8, 4) is 5.75 Å². The van der Waals surface area contributed by atoms with Gasteiger partial charge in [0.2, 0.25) is 0 Å². The number of nitrogen functional groups attached to an aromatic ring is 1. The summed E-state index contributed by atoms with van der Waals surface area (Å²) < 4.78 is 5.64. The van der Waals surface area contributed by atoms with Crippen LogP contribution in [0.25, 0.3) is 0 Å². The molecule has 0 aliphatic rings. The number of rotatable bonds is 6. The van der Waals surface area contributed by atoms with E-state index in [1.807, 2.05) is 6.07 Å². The SMILES string of the molecule is Nc1cc(Cl)c(OCCCCc2ccccc2)c(Cl)c1. The number of anilines is 1. The van der Waals surface area contributed by atoms with Gasteiger partial charge in [-0.2, -0.15) is 0 Å². The van der Waals surface area contributed by atoms with Gasteiger partial charge in [0.05, 0.1) is 16.7 Å². The molecule has 106 valence electrons. The second-order valence-corrected chi connectivity index (χ2v) is 5.42. The van der Waals surface area contributed by atoms with Crippen LogP contribution in [0.2, 0.25) is 10.0 Å². The molecular formula is C16H17Cl2NO. The summed E-state index contributed by atoms with van der Waals surface area (Å²) in [5.74, 6) is 0.516. The van der Waals surface area contributed by atoms with Gasteiger partial charge in [-0.25, -0.2) is 0 Å². The maximum Gasteiger partial charge on any atom is 0.156 e. The van der Waals surface area contributed by atoms with Gasteiger partial charge >= 0.3 is 0 Å². The third kappa shape index (κ3) is 4.32. The van der Waals surface area contributed by atoms with Crippen LogP contribution in [0.15, 0.2) is 42.5 Å². The first kappa shape index (κ1) is 15.0. The summed E-state index contributed by atoms with van der Waals surface area (Å²) in [6.07, 6.45) is 3.06. The fraction of sp³-hybridized carbons (Fsp3) is 0.250. The van der Waals surface area contributed by atoms with Crippen molar-refractivity contribution >= 4 is 28.9 Å². The fourth-order valence-corrected chi connectivity index (χ4v) is 2.58. The van der Waals surface area contributed by atoms with Crippen LogP contribution in [-0.4, -0.2) is 6.61 Å². The number of hydrogen-bond acceptors (Lipinski definition) is 2. The van der Waals surface area contributed by atoms with Gasteiger partial charge in [-0.1, -0.05) is 53.5 Å². The standard InChI is InChI=1S/C16H17Cl2NO/c17-14-10-13(19)11-15(18)16(14)20-9-5-4-8-12-6-2-1-3-7-12/h1-3,6-7,10-11H,4-5,8-9,19H2. The minimum absolute atomic E-state index is 0.457. The Morgan fingerprint density at radius 3 is 2.25 bits per heavy atom. The van der Waals surface area contributed by atoms with Crippen LogP contribution in [0.4, 0.5) is 5.69 Å². The van der Waals surface area contributed by atoms with Crippen LogP contribution in [0.1, 0.15) is 18.4 Å². The maximum absolute atomic E-state index is 6.05. The second-order valence-electron chi connectivity index (χ2n) is 4.60. The van der Waals surface area contributed by atoms with Crippen LogP contribution in [0, 0.1) is 0 Å². The van der Waals surface area contributed by atoms with E-state index < -0.39 is 0 Å². The first-order chi connectivity index (χ1) is 9.66. The molecule has 0 amide bonds. The van der Waals surface area contributed by atoms with Gasteiger partial charge in [-0.05, 0) is 37.0 Å². The van der Waals surface area contributed by atoms with Crippen molar-refractivity contribution < 1.29 is 4.74 Å². The molecule has 0 heterocycles. The number of nitrogens with two attached hydrogens (primary N) is 1. The number of hydrogen-bond donors (Lipinski definition) is 1. The van der Waals surface area contributed by atoms with Gasteiger partial charge in [0.25, 0.3) is 0 Å². The number of halogens is 2. The molecule has 0 saturated heterocycles. The Hall–Kier alpha value is -1.38. The minimum atomic E-state index is 0.457. The van der Waals surface area contributed by atoms with Gasteiger partial charge in [0.1, 0.15) is 0 Å². The molecule has 2 aromatic rings. The number of unbranched alkanes of at least 4 members (excludes halogenated alkanes) is 1. The van der Waals surface area contributed by atoms with Crippen molar-refractivity contribution in [3.63, 3.8) is 0 Å². The molecule has 0 saturated carbocycles. The zero-order chi connectivity index (χ0) is 14.4. The maximum atomic E-state index is 6.05. The molecule has 2 aromatic carbocycles. The Morgan fingerprint density at radius 2 is 1.60 bits per heavy atom. The van der Waals surface area contributed by atoms with Crippen LogP contribution >= 0.6 is 23.2 Å². The van der Waals surface area contributed by atoms with Crippen molar-refractivity contribution in [1.82, 2.24) is 0 Å². The fourth-order valence-electron chi connectivity index (χ4n) is 1.97. The Kier molecular flexibility index (Phi) is 5.57. The summed E-state index contributed by atoms with van der Waals surface area (Å²) in [5.41, 5.74) is 7.53. The van der Waals surface area contributed by atoms with Gasteiger partial charge in [0.15, 0.2) is 5.75 Å². The topological polar surface area (TPSA) is 35.2 Å². The quantitative estimate of drug-likeness (QED) is 0.603. The van der Waals surface area contributed by atoms with E-state index in [9.17, 15) is 0 Å². The molecule has 0 radical (unpaired) electrons. The van der Waals surface area contributed by atoms with Crippen molar-refractivity contribution in [1.29, 1.82) is 0 Å². The molecule has 4 heteroatoms. The van der Waals surface area contributed by atoms with E-state index in [2.05, 4.69) is 24.3 Å². The highest BCUT2D eigenvalue weighted by Gasteiger charge is 2.08. The lowest BCUT2D eigenvalue weighted by Crippen LogP contribution is -2.00. The molecule has 0 fully saturated rings. The summed E-state index contributed by atoms with van der Waals surface area (Å²) in [4.78, 5) is 0. The summed E-state index contributed by atoms with van der Waals surface area (Å²) in [5, 5.41) is 0.913. The summed E-state index contributed by atoms with van der Waals surface area (Å²) >= 11 is 12.1. The highest BCUT2D eigenvalue weighted by atomic mass is 35.5. The van der Waals surface area contributed by atoms with Crippen molar-refractivity contribution in [3.05, 3.63) is 58.1 Å². The smallest absolute Gasteiger partial charge is 0.156 e. The van der Waals surface area contributed by atoms with Crippen LogP contribution in [0.3, 0.4) is 0 Å². The van der Waals surface area contributed by atoms with Gasteiger partial charge < -0.3 is 10.5 Å². The predicted octanol–water partition coefficient (Wildman–Crippen LogP) is 4.98. The first-order valence-corrected chi connectivity index (χ1v) is 7.33. The molecule has 0 atom stereocenters. The molecule has 0 spiro atoms. The molecule has 0 aromatic heterocycles. The number of aryl methyl sites for hydroxylation is 1. The van der Waals surface area contributed by atoms with Crippen LogP contribution < -0.4 is 10.5 Å². The van der Waals surface area contributed by atoms with E-state index in [4.69, 9.17) is 33.7 Å². The van der Waals surface area contributed by atoms with E-state index in [0.717, 1.165) is 19.3 Å². The largest absolute Gasteiger partial charge is 0.490 e. The Bertz CT molecular complexity index is 535. The monoisotopic (exact) mass is 309 g/mol. The van der Waals surface area contributed by atoms with E-state index in [1.54, 1.807) is 12.1 Å². The molecule has 0 unspecified atom stereocenters. The van der Waals surface area contributed by atoms with Crippen molar-refractivity contribution in [2.75, 3.05) is 12.3 Å². The first-order valence-electron chi connectivity index (χ1n) is 6.58. The molecule has 2 rings (SSSR count). The van der Waals surface area contributed by atoms with E-state index in [1.165, 1.54) is 5.56 Å². The van der Waals surface area contributed by atoms with Gasteiger partial charge in [-0.3, -0.25) is 0 Å². The highest BCUT2D eigenvalue weighted by Crippen LogP contribution is 2.35. The van der Waals surface area contributed by atoms with Crippen LogP contribution in [0.5, 0.6) is 5.75 Å². The average molecular weight is 310 g/mol. The number of benzene rings is 2. The molecule has 0 aliphatic heterocycles.